The van der Waals surface area contributed by atoms with Crippen molar-refractivity contribution in [2.75, 3.05) is 11.9 Å². The van der Waals surface area contributed by atoms with Gasteiger partial charge in [-0.25, -0.2) is 9.18 Å². The van der Waals surface area contributed by atoms with E-state index in [0.29, 0.717) is 12.2 Å². The van der Waals surface area contributed by atoms with Gasteiger partial charge in [-0.1, -0.05) is 6.07 Å². The first kappa shape index (κ1) is 9.51. The first-order valence-corrected chi connectivity index (χ1v) is 4.03. The summed E-state index contributed by atoms with van der Waals surface area (Å²) in [5.41, 5.74) is 0.450. The van der Waals surface area contributed by atoms with Crippen LogP contribution in [0.3, 0.4) is 0 Å². The molecule has 0 spiro atoms. The largest absolute Gasteiger partial charge is 0.338 e. The Kier molecular flexibility index (Phi) is 3.25. The molecule has 3 nitrogen and oxygen atoms in total. The molecular weight excluding hydrogens is 171 g/mol. The van der Waals surface area contributed by atoms with Crippen molar-refractivity contribution in [1.82, 2.24) is 5.32 Å². The lowest BCUT2D eigenvalue weighted by Gasteiger charge is -2.04. The Labute approximate surface area is 76.0 Å². The molecule has 0 radical (unpaired) electrons. The second-order valence-electron chi connectivity index (χ2n) is 2.49. The average Bonchev–Trinajstić information content (AvgIpc) is 2.04. The van der Waals surface area contributed by atoms with E-state index in [1.54, 1.807) is 6.07 Å². The lowest BCUT2D eigenvalue weighted by molar-refractivity contribution is 0.252. The minimum Gasteiger partial charge on any atom is -0.338 e. The SMILES string of the molecule is CCNC(=O)Nc1cccc(F)c1. The van der Waals surface area contributed by atoms with Gasteiger partial charge in [0.05, 0.1) is 0 Å². The molecule has 0 aliphatic heterocycles. The molecule has 4 heteroatoms. The topological polar surface area (TPSA) is 41.1 Å². The van der Waals surface area contributed by atoms with Gasteiger partial charge in [0.1, 0.15) is 5.82 Å². The molecule has 0 bridgehead atoms. The molecule has 0 saturated carbocycles. The summed E-state index contributed by atoms with van der Waals surface area (Å²) in [5, 5.41) is 5.03. The summed E-state index contributed by atoms with van der Waals surface area (Å²) >= 11 is 0. The van der Waals surface area contributed by atoms with Crippen molar-refractivity contribution >= 4 is 11.7 Å². The van der Waals surface area contributed by atoms with E-state index in [1.165, 1.54) is 18.2 Å². The van der Waals surface area contributed by atoms with Crippen LogP contribution in [0.5, 0.6) is 0 Å². The smallest absolute Gasteiger partial charge is 0.319 e. The zero-order chi connectivity index (χ0) is 9.68. The molecule has 2 amide bonds. The monoisotopic (exact) mass is 182 g/mol. The highest BCUT2D eigenvalue weighted by atomic mass is 19.1. The normalized spacial score (nSPS) is 9.38. The molecule has 0 fully saturated rings. The first-order valence-electron chi connectivity index (χ1n) is 4.03. The van der Waals surface area contributed by atoms with Crippen LogP contribution < -0.4 is 10.6 Å². The van der Waals surface area contributed by atoms with Crippen molar-refractivity contribution < 1.29 is 9.18 Å². The van der Waals surface area contributed by atoms with Crippen LogP contribution >= 0.6 is 0 Å². The molecule has 0 saturated heterocycles. The summed E-state index contributed by atoms with van der Waals surface area (Å²) in [4.78, 5) is 11.0. The standard InChI is InChI=1S/C9H11FN2O/c1-2-11-9(13)12-8-5-3-4-7(10)6-8/h3-6H,2H2,1H3,(H2,11,12,13). The van der Waals surface area contributed by atoms with Crippen LogP contribution in [0.2, 0.25) is 0 Å². The van der Waals surface area contributed by atoms with Crippen LogP contribution in [0, 0.1) is 5.82 Å². The van der Waals surface area contributed by atoms with Crippen molar-refractivity contribution in [3.8, 4) is 0 Å². The number of halogens is 1. The van der Waals surface area contributed by atoms with E-state index in [9.17, 15) is 9.18 Å². The van der Waals surface area contributed by atoms with Crippen LogP contribution in [0.1, 0.15) is 6.92 Å². The second kappa shape index (κ2) is 4.45. The molecule has 0 heterocycles. The van der Waals surface area contributed by atoms with Gasteiger partial charge < -0.3 is 10.6 Å². The molecular formula is C9H11FN2O. The summed E-state index contributed by atoms with van der Waals surface area (Å²) in [6.07, 6.45) is 0. The third kappa shape index (κ3) is 3.11. The summed E-state index contributed by atoms with van der Waals surface area (Å²) in [5.74, 6) is -0.366. The number of rotatable bonds is 2. The van der Waals surface area contributed by atoms with Crippen LogP contribution in [-0.2, 0) is 0 Å². The van der Waals surface area contributed by atoms with E-state index >= 15 is 0 Å². The van der Waals surface area contributed by atoms with Gasteiger partial charge in [-0.3, -0.25) is 0 Å². The van der Waals surface area contributed by atoms with Crippen molar-refractivity contribution in [3.63, 3.8) is 0 Å². The molecule has 13 heavy (non-hydrogen) atoms. The fourth-order valence-electron chi connectivity index (χ4n) is 0.902. The van der Waals surface area contributed by atoms with Crippen LogP contribution in [-0.4, -0.2) is 12.6 Å². The zero-order valence-electron chi connectivity index (χ0n) is 7.30. The highest BCUT2D eigenvalue weighted by Crippen LogP contribution is 2.08. The maximum Gasteiger partial charge on any atom is 0.319 e. The van der Waals surface area contributed by atoms with Crippen molar-refractivity contribution in [3.05, 3.63) is 30.1 Å². The third-order valence-electron chi connectivity index (χ3n) is 1.42. The Bertz CT molecular complexity index is 301. The van der Waals surface area contributed by atoms with Gasteiger partial charge in [0.25, 0.3) is 0 Å². The number of nitrogens with one attached hydrogen (secondary N) is 2. The number of benzene rings is 1. The van der Waals surface area contributed by atoms with Gasteiger partial charge in [0.15, 0.2) is 0 Å². The van der Waals surface area contributed by atoms with Gasteiger partial charge in [-0.2, -0.15) is 0 Å². The van der Waals surface area contributed by atoms with E-state index in [0.717, 1.165) is 0 Å². The summed E-state index contributed by atoms with van der Waals surface area (Å²) in [6, 6.07) is 5.42. The van der Waals surface area contributed by atoms with Crippen molar-refractivity contribution in [1.29, 1.82) is 0 Å². The van der Waals surface area contributed by atoms with Gasteiger partial charge in [0, 0.05) is 12.2 Å². The molecule has 0 unspecified atom stereocenters. The maximum absolute atomic E-state index is 12.6. The zero-order valence-corrected chi connectivity index (χ0v) is 7.30. The fourth-order valence-corrected chi connectivity index (χ4v) is 0.902. The molecule has 0 aliphatic carbocycles. The molecule has 2 N–H and O–H groups in total. The Balaban J connectivity index is 2.58. The Morgan fingerprint density at radius 1 is 1.54 bits per heavy atom. The van der Waals surface area contributed by atoms with Gasteiger partial charge >= 0.3 is 6.03 Å². The minimum atomic E-state index is -0.366. The summed E-state index contributed by atoms with van der Waals surface area (Å²) in [7, 11) is 0. The maximum atomic E-state index is 12.6. The Hall–Kier alpha value is -1.58. The van der Waals surface area contributed by atoms with Gasteiger partial charge in [-0.05, 0) is 25.1 Å². The van der Waals surface area contributed by atoms with E-state index in [-0.39, 0.29) is 11.8 Å². The van der Waals surface area contributed by atoms with Gasteiger partial charge in [-0.15, -0.1) is 0 Å². The fraction of sp³-hybridized carbons (Fsp3) is 0.222. The predicted octanol–water partition coefficient (Wildman–Crippen LogP) is 1.97. The van der Waals surface area contributed by atoms with E-state index in [4.69, 9.17) is 0 Å². The Morgan fingerprint density at radius 2 is 2.31 bits per heavy atom. The minimum absolute atomic E-state index is 0.326. The van der Waals surface area contributed by atoms with Crippen molar-refractivity contribution in [2.24, 2.45) is 0 Å². The quantitative estimate of drug-likeness (QED) is 0.721. The van der Waals surface area contributed by atoms with Crippen LogP contribution in [0.4, 0.5) is 14.9 Å². The molecule has 1 aromatic carbocycles. The van der Waals surface area contributed by atoms with Gasteiger partial charge in [0.2, 0.25) is 0 Å². The molecule has 1 rings (SSSR count). The number of urea groups is 1. The number of hydrogen-bond donors (Lipinski definition) is 2. The third-order valence-corrected chi connectivity index (χ3v) is 1.42. The average molecular weight is 182 g/mol. The van der Waals surface area contributed by atoms with E-state index in [2.05, 4.69) is 10.6 Å². The van der Waals surface area contributed by atoms with E-state index < -0.39 is 0 Å². The Morgan fingerprint density at radius 3 is 2.92 bits per heavy atom. The number of hydrogen-bond acceptors (Lipinski definition) is 1. The second-order valence-corrected chi connectivity index (χ2v) is 2.49. The molecule has 1 aromatic rings. The number of carbonyl (C=O) groups excluding carboxylic acids is 1. The highest BCUT2D eigenvalue weighted by molar-refractivity contribution is 5.89. The molecule has 70 valence electrons. The summed E-state index contributed by atoms with van der Waals surface area (Å²) < 4.78 is 12.6. The molecule has 0 aliphatic rings. The highest BCUT2D eigenvalue weighted by Gasteiger charge is 1.99. The molecule has 0 aromatic heterocycles. The first-order chi connectivity index (χ1) is 6.22. The lowest BCUT2D eigenvalue weighted by Crippen LogP contribution is -2.28. The number of carbonyl (C=O) groups is 1. The van der Waals surface area contributed by atoms with Crippen LogP contribution in [0.25, 0.3) is 0 Å². The number of anilines is 1. The van der Waals surface area contributed by atoms with Crippen molar-refractivity contribution in [2.45, 2.75) is 6.92 Å². The number of amides is 2. The molecule has 0 atom stereocenters. The summed E-state index contributed by atoms with van der Waals surface area (Å²) in [6.45, 7) is 2.35. The predicted molar refractivity (Wildman–Crippen MR) is 49.1 cm³/mol. The van der Waals surface area contributed by atoms with E-state index in [1.807, 2.05) is 6.92 Å². The lowest BCUT2D eigenvalue weighted by atomic mass is 10.3. The van der Waals surface area contributed by atoms with Crippen LogP contribution in [0.15, 0.2) is 24.3 Å².